The second kappa shape index (κ2) is 6.12. The molecule has 2 atom stereocenters. The van der Waals surface area contributed by atoms with E-state index < -0.39 is 0 Å². The van der Waals surface area contributed by atoms with E-state index in [0.29, 0.717) is 11.7 Å². The Hall–Kier alpha value is -1.46. The number of fused-ring (bicyclic) bond motifs is 1. The van der Waals surface area contributed by atoms with E-state index >= 15 is 0 Å². The third-order valence-corrected chi connectivity index (χ3v) is 4.41. The number of methoxy groups -OCH3 is 1. The van der Waals surface area contributed by atoms with Crippen LogP contribution in [0.3, 0.4) is 0 Å². The zero-order chi connectivity index (χ0) is 14.8. The lowest BCUT2D eigenvalue weighted by molar-refractivity contribution is 0.154. The Bertz CT molecular complexity index is 505. The minimum absolute atomic E-state index is 0.263. The van der Waals surface area contributed by atoms with Crippen LogP contribution in [0.4, 0.5) is 0 Å². The average molecular weight is 292 g/mol. The van der Waals surface area contributed by atoms with Crippen LogP contribution in [0.15, 0.2) is 12.1 Å². The second-order valence-electron chi connectivity index (χ2n) is 6.03. The number of benzene rings is 1. The number of likely N-dealkylation sites (tertiary alicyclic amines) is 1. The van der Waals surface area contributed by atoms with E-state index in [0.717, 1.165) is 31.1 Å². The number of piperidine rings is 1. The van der Waals surface area contributed by atoms with Crippen molar-refractivity contribution in [2.24, 2.45) is 11.7 Å². The Kier molecular flexibility index (Phi) is 4.22. The maximum atomic E-state index is 6.06. The van der Waals surface area contributed by atoms with Crippen molar-refractivity contribution in [3.63, 3.8) is 0 Å². The van der Waals surface area contributed by atoms with Gasteiger partial charge in [-0.1, -0.05) is 0 Å². The summed E-state index contributed by atoms with van der Waals surface area (Å²) in [7, 11) is 1.66. The molecule has 116 valence electrons. The monoisotopic (exact) mass is 292 g/mol. The molecule has 3 rings (SSSR count). The number of nitrogens with zero attached hydrogens (tertiary/aromatic N) is 1. The van der Waals surface area contributed by atoms with Gasteiger partial charge >= 0.3 is 0 Å². The van der Waals surface area contributed by atoms with Gasteiger partial charge in [0.1, 0.15) is 0 Å². The van der Waals surface area contributed by atoms with Gasteiger partial charge in [0, 0.05) is 19.1 Å². The summed E-state index contributed by atoms with van der Waals surface area (Å²) in [5.41, 5.74) is 7.25. The summed E-state index contributed by atoms with van der Waals surface area (Å²) in [5, 5.41) is 0. The third kappa shape index (κ3) is 3.09. The van der Waals surface area contributed by atoms with Gasteiger partial charge in [0.15, 0.2) is 11.5 Å². The van der Waals surface area contributed by atoms with Gasteiger partial charge in [0.2, 0.25) is 12.5 Å². The normalized spacial score (nSPS) is 23.1. The Morgan fingerprint density at radius 2 is 2.29 bits per heavy atom. The summed E-state index contributed by atoms with van der Waals surface area (Å²) in [6, 6.07) is 4.36. The van der Waals surface area contributed by atoms with E-state index in [1.807, 2.05) is 6.07 Å². The Morgan fingerprint density at radius 1 is 1.43 bits per heavy atom. The molecule has 2 N–H and O–H groups in total. The first-order chi connectivity index (χ1) is 10.2. The summed E-state index contributed by atoms with van der Waals surface area (Å²) >= 11 is 0. The standard InChI is InChI=1S/C16H24N2O3/c1-11(17)13-4-3-5-18(9-13)8-12-6-14(19-2)16-15(7-12)20-10-21-16/h6-7,11,13H,3-5,8-10,17H2,1-2H3. The first-order valence-electron chi connectivity index (χ1n) is 7.62. The largest absolute Gasteiger partial charge is 0.493 e. The van der Waals surface area contributed by atoms with Gasteiger partial charge < -0.3 is 19.9 Å². The molecular weight excluding hydrogens is 268 g/mol. The summed E-state index contributed by atoms with van der Waals surface area (Å²) in [6.45, 7) is 5.47. The number of hydrogen-bond acceptors (Lipinski definition) is 5. The topological polar surface area (TPSA) is 57.0 Å². The van der Waals surface area contributed by atoms with Crippen molar-refractivity contribution < 1.29 is 14.2 Å². The van der Waals surface area contributed by atoms with Crippen LogP contribution in [-0.2, 0) is 6.54 Å². The number of nitrogens with two attached hydrogens (primary N) is 1. The van der Waals surface area contributed by atoms with Gasteiger partial charge in [-0.15, -0.1) is 0 Å². The van der Waals surface area contributed by atoms with Crippen LogP contribution in [0, 0.1) is 5.92 Å². The fourth-order valence-corrected chi connectivity index (χ4v) is 3.20. The molecule has 0 bridgehead atoms. The molecule has 2 aliphatic rings. The molecule has 2 unspecified atom stereocenters. The van der Waals surface area contributed by atoms with E-state index in [2.05, 4.69) is 17.9 Å². The van der Waals surface area contributed by atoms with E-state index in [1.54, 1.807) is 7.11 Å². The maximum absolute atomic E-state index is 6.06. The average Bonchev–Trinajstić information content (AvgIpc) is 2.95. The van der Waals surface area contributed by atoms with E-state index in [4.69, 9.17) is 19.9 Å². The van der Waals surface area contributed by atoms with Crippen LogP contribution in [0.25, 0.3) is 0 Å². The highest BCUT2D eigenvalue weighted by molar-refractivity contribution is 5.55. The van der Waals surface area contributed by atoms with E-state index in [1.165, 1.54) is 18.4 Å². The highest BCUT2D eigenvalue weighted by Crippen LogP contribution is 2.42. The Morgan fingerprint density at radius 3 is 3.05 bits per heavy atom. The van der Waals surface area contributed by atoms with Gasteiger partial charge in [-0.3, -0.25) is 4.90 Å². The minimum Gasteiger partial charge on any atom is -0.493 e. The SMILES string of the molecule is COc1cc(CN2CCCC(C(C)N)C2)cc2c1OCO2. The lowest BCUT2D eigenvalue weighted by Gasteiger charge is -2.34. The zero-order valence-electron chi connectivity index (χ0n) is 12.8. The molecule has 2 aliphatic heterocycles. The molecule has 0 aliphatic carbocycles. The molecule has 1 aromatic rings. The van der Waals surface area contributed by atoms with Gasteiger partial charge in [0.05, 0.1) is 7.11 Å². The van der Waals surface area contributed by atoms with Crippen molar-refractivity contribution in [1.29, 1.82) is 0 Å². The van der Waals surface area contributed by atoms with Crippen molar-refractivity contribution in [2.75, 3.05) is 27.0 Å². The van der Waals surface area contributed by atoms with Crippen molar-refractivity contribution in [3.8, 4) is 17.2 Å². The fraction of sp³-hybridized carbons (Fsp3) is 0.625. The van der Waals surface area contributed by atoms with Gasteiger partial charge in [-0.25, -0.2) is 0 Å². The summed E-state index contributed by atoms with van der Waals surface area (Å²) in [6.07, 6.45) is 2.45. The molecule has 0 amide bonds. The highest BCUT2D eigenvalue weighted by Gasteiger charge is 2.24. The number of hydrogen-bond donors (Lipinski definition) is 1. The van der Waals surface area contributed by atoms with Crippen molar-refractivity contribution in [3.05, 3.63) is 17.7 Å². The molecule has 0 aromatic heterocycles. The molecular formula is C16H24N2O3. The van der Waals surface area contributed by atoms with Gasteiger partial charge in [0.25, 0.3) is 0 Å². The van der Waals surface area contributed by atoms with E-state index in [-0.39, 0.29) is 12.8 Å². The molecule has 1 aromatic carbocycles. The molecule has 0 spiro atoms. The number of ether oxygens (including phenoxy) is 3. The lowest BCUT2D eigenvalue weighted by Crippen LogP contribution is -2.41. The van der Waals surface area contributed by atoms with Gasteiger partial charge in [-0.2, -0.15) is 0 Å². The van der Waals surface area contributed by atoms with Crippen molar-refractivity contribution in [1.82, 2.24) is 4.90 Å². The van der Waals surface area contributed by atoms with E-state index in [9.17, 15) is 0 Å². The Balaban J connectivity index is 1.73. The van der Waals surface area contributed by atoms with Crippen LogP contribution in [0.2, 0.25) is 0 Å². The molecule has 1 saturated heterocycles. The van der Waals surface area contributed by atoms with Crippen LogP contribution < -0.4 is 19.9 Å². The molecule has 5 nitrogen and oxygen atoms in total. The summed E-state index contributed by atoms with van der Waals surface area (Å²) in [4.78, 5) is 2.47. The number of rotatable bonds is 4. The summed E-state index contributed by atoms with van der Waals surface area (Å²) < 4.78 is 16.3. The smallest absolute Gasteiger partial charge is 0.231 e. The second-order valence-corrected chi connectivity index (χ2v) is 6.03. The fourth-order valence-electron chi connectivity index (χ4n) is 3.20. The lowest BCUT2D eigenvalue weighted by atomic mass is 9.92. The minimum atomic E-state index is 0.263. The molecule has 2 heterocycles. The third-order valence-electron chi connectivity index (χ3n) is 4.41. The first-order valence-corrected chi connectivity index (χ1v) is 7.62. The molecule has 5 heteroatoms. The van der Waals surface area contributed by atoms with Crippen molar-refractivity contribution >= 4 is 0 Å². The van der Waals surface area contributed by atoms with Gasteiger partial charge in [-0.05, 0) is 49.9 Å². The maximum Gasteiger partial charge on any atom is 0.231 e. The van der Waals surface area contributed by atoms with Crippen LogP contribution in [-0.4, -0.2) is 37.9 Å². The predicted molar refractivity (Wildman–Crippen MR) is 80.8 cm³/mol. The summed E-state index contributed by atoms with van der Waals surface area (Å²) in [5.74, 6) is 2.84. The predicted octanol–water partition coefficient (Wildman–Crippen LogP) is 1.98. The molecule has 0 radical (unpaired) electrons. The zero-order valence-corrected chi connectivity index (χ0v) is 12.8. The highest BCUT2D eigenvalue weighted by atomic mass is 16.7. The van der Waals surface area contributed by atoms with Crippen LogP contribution >= 0.6 is 0 Å². The van der Waals surface area contributed by atoms with Crippen LogP contribution in [0.1, 0.15) is 25.3 Å². The molecule has 0 saturated carbocycles. The quantitative estimate of drug-likeness (QED) is 0.919. The first kappa shape index (κ1) is 14.5. The van der Waals surface area contributed by atoms with Crippen LogP contribution in [0.5, 0.6) is 17.2 Å². The Labute approximate surface area is 126 Å². The van der Waals surface area contributed by atoms with Crippen molar-refractivity contribution in [2.45, 2.75) is 32.4 Å². The molecule has 1 fully saturated rings. The molecule has 21 heavy (non-hydrogen) atoms.